The van der Waals surface area contributed by atoms with Crippen LogP contribution in [0.4, 0.5) is 10.8 Å². The number of carbonyl (C=O) groups excluding carboxylic acids is 1. The van der Waals surface area contributed by atoms with Gasteiger partial charge in [0.05, 0.1) is 6.54 Å². The minimum Gasteiger partial charge on any atom is -0.375 e. The number of likely N-dealkylation sites (N-methyl/N-ethyl adjacent to an activating group) is 1. The van der Waals surface area contributed by atoms with E-state index >= 15 is 0 Å². The Balaban J connectivity index is 1.92. The molecule has 0 bridgehead atoms. The van der Waals surface area contributed by atoms with Crippen LogP contribution >= 0.6 is 11.3 Å². The molecule has 21 heavy (non-hydrogen) atoms. The highest BCUT2D eigenvalue weighted by Gasteiger charge is 2.11. The fourth-order valence-electron chi connectivity index (χ4n) is 2.15. The average Bonchev–Trinajstić information content (AvgIpc) is 2.79. The van der Waals surface area contributed by atoms with Crippen molar-refractivity contribution in [3.63, 3.8) is 0 Å². The number of rotatable bonds is 5. The van der Waals surface area contributed by atoms with Crippen LogP contribution in [-0.4, -0.2) is 29.4 Å². The van der Waals surface area contributed by atoms with E-state index in [0.29, 0.717) is 18.2 Å². The number of para-hydroxylation sites is 1. The lowest BCUT2D eigenvalue weighted by molar-refractivity contribution is -0.117. The van der Waals surface area contributed by atoms with Crippen molar-refractivity contribution in [2.75, 3.05) is 24.6 Å². The summed E-state index contributed by atoms with van der Waals surface area (Å²) < 4.78 is 0. The third-order valence-corrected chi connectivity index (χ3v) is 3.97. The van der Waals surface area contributed by atoms with E-state index < -0.39 is 0 Å². The average molecular weight is 304 g/mol. The second-order valence-electron chi connectivity index (χ2n) is 5.15. The summed E-state index contributed by atoms with van der Waals surface area (Å²) in [4.78, 5) is 19.1. The maximum atomic E-state index is 12.1. The first kappa shape index (κ1) is 15.5. The van der Waals surface area contributed by atoms with Gasteiger partial charge in [-0.15, -0.1) is 11.3 Å². The van der Waals surface area contributed by atoms with Crippen LogP contribution in [0.2, 0.25) is 0 Å². The predicted octanol–water partition coefficient (Wildman–Crippen LogP) is 2.41. The van der Waals surface area contributed by atoms with E-state index in [2.05, 4.69) is 10.3 Å². The first-order chi connectivity index (χ1) is 9.95. The quantitative estimate of drug-likeness (QED) is 0.890. The topological polar surface area (TPSA) is 71.2 Å². The molecule has 2 aromatic rings. The molecule has 0 aliphatic rings. The molecule has 2 rings (SSSR count). The Morgan fingerprint density at radius 2 is 2.05 bits per heavy atom. The van der Waals surface area contributed by atoms with Crippen molar-refractivity contribution in [1.82, 2.24) is 9.88 Å². The predicted molar refractivity (Wildman–Crippen MR) is 87.4 cm³/mol. The van der Waals surface area contributed by atoms with E-state index in [9.17, 15) is 4.79 Å². The van der Waals surface area contributed by atoms with Crippen LogP contribution < -0.4 is 11.1 Å². The molecule has 1 aromatic carbocycles. The fourth-order valence-corrected chi connectivity index (χ4v) is 2.92. The van der Waals surface area contributed by atoms with E-state index in [-0.39, 0.29) is 5.91 Å². The summed E-state index contributed by atoms with van der Waals surface area (Å²) >= 11 is 1.45. The van der Waals surface area contributed by atoms with Crippen molar-refractivity contribution in [3.05, 3.63) is 40.4 Å². The van der Waals surface area contributed by atoms with Crippen molar-refractivity contribution in [2.45, 2.75) is 20.4 Å². The van der Waals surface area contributed by atoms with E-state index in [4.69, 9.17) is 5.73 Å². The minimum atomic E-state index is -0.0209. The van der Waals surface area contributed by atoms with Crippen molar-refractivity contribution < 1.29 is 4.79 Å². The second-order valence-corrected chi connectivity index (χ2v) is 6.30. The second kappa shape index (κ2) is 6.69. The molecule has 0 atom stereocenters. The summed E-state index contributed by atoms with van der Waals surface area (Å²) in [6.07, 6.45) is 1.75. The first-order valence-electron chi connectivity index (χ1n) is 6.70. The number of nitrogen functional groups attached to an aromatic ring is 1. The molecule has 1 aromatic heterocycles. The molecule has 6 heteroatoms. The molecule has 0 fully saturated rings. The van der Waals surface area contributed by atoms with E-state index in [0.717, 1.165) is 21.7 Å². The van der Waals surface area contributed by atoms with Crippen LogP contribution in [-0.2, 0) is 11.3 Å². The van der Waals surface area contributed by atoms with Crippen molar-refractivity contribution in [1.29, 1.82) is 0 Å². The van der Waals surface area contributed by atoms with Gasteiger partial charge in [0, 0.05) is 23.3 Å². The molecule has 0 saturated carbocycles. The van der Waals surface area contributed by atoms with Gasteiger partial charge in [-0.1, -0.05) is 18.2 Å². The van der Waals surface area contributed by atoms with E-state index in [1.165, 1.54) is 11.3 Å². The van der Waals surface area contributed by atoms with Crippen molar-refractivity contribution >= 4 is 28.1 Å². The monoisotopic (exact) mass is 304 g/mol. The number of thiazole rings is 1. The molecule has 0 saturated heterocycles. The number of benzene rings is 1. The molecule has 5 nitrogen and oxygen atoms in total. The number of hydrogen-bond acceptors (Lipinski definition) is 5. The SMILES string of the molecule is Cc1cccc(C)c1NC(=O)CN(C)Cc1cnc(N)s1. The number of carbonyl (C=O) groups is 1. The molecule has 112 valence electrons. The fraction of sp³-hybridized carbons (Fsp3) is 0.333. The summed E-state index contributed by atoms with van der Waals surface area (Å²) in [6, 6.07) is 5.97. The molecular weight excluding hydrogens is 284 g/mol. The Morgan fingerprint density at radius 1 is 1.38 bits per heavy atom. The Labute approximate surface area is 128 Å². The van der Waals surface area contributed by atoms with Gasteiger partial charge in [-0.05, 0) is 32.0 Å². The number of nitrogens with one attached hydrogen (secondary N) is 1. The third-order valence-electron chi connectivity index (χ3n) is 3.16. The number of aryl methyl sites for hydroxylation is 2. The van der Waals surface area contributed by atoms with Gasteiger partial charge in [0.25, 0.3) is 0 Å². The third kappa shape index (κ3) is 4.27. The normalized spacial score (nSPS) is 10.9. The van der Waals surface area contributed by atoms with Gasteiger partial charge in [0.15, 0.2) is 5.13 Å². The van der Waals surface area contributed by atoms with Crippen LogP contribution in [0.25, 0.3) is 0 Å². The molecule has 0 spiro atoms. The number of nitrogens with two attached hydrogens (primary N) is 1. The lowest BCUT2D eigenvalue weighted by Crippen LogP contribution is -2.30. The smallest absolute Gasteiger partial charge is 0.238 e. The highest BCUT2D eigenvalue weighted by atomic mass is 32.1. The molecule has 0 aliphatic heterocycles. The molecule has 3 N–H and O–H groups in total. The number of anilines is 2. The highest BCUT2D eigenvalue weighted by molar-refractivity contribution is 7.15. The van der Waals surface area contributed by atoms with Crippen LogP contribution in [0.15, 0.2) is 24.4 Å². The van der Waals surface area contributed by atoms with Gasteiger partial charge >= 0.3 is 0 Å². The molecule has 0 aliphatic carbocycles. The van der Waals surface area contributed by atoms with Crippen LogP contribution in [0.3, 0.4) is 0 Å². The zero-order valence-electron chi connectivity index (χ0n) is 12.5. The highest BCUT2D eigenvalue weighted by Crippen LogP contribution is 2.19. The van der Waals surface area contributed by atoms with Crippen LogP contribution in [0, 0.1) is 13.8 Å². The largest absolute Gasteiger partial charge is 0.375 e. The Morgan fingerprint density at radius 3 is 2.62 bits per heavy atom. The molecule has 1 amide bonds. The number of amides is 1. The van der Waals surface area contributed by atoms with Gasteiger partial charge in [0.1, 0.15) is 0 Å². The standard InChI is InChI=1S/C15H20N4OS/c1-10-5-4-6-11(2)14(10)18-13(20)9-19(3)8-12-7-17-15(16)21-12/h4-7H,8-9H2,1-3H3,(H2,16,17)(H,18,20). The molecule has 1 heterocycles. The van der Waals surface area contributed by atoms with Gasteiger partial charge < -0.3 is 11.1 Å². The van der Waals surface area contributed by atoms with Gasteiger partial charge in [0.2, 0.25) is 5.91 Å². The molecule has 0 radical (unpaired) electrons. The summed E-state index contributed by atoms with van der Waals surface area (Å²) in [5.74, 6) is -0.0209. The number of aromatic nitrogens is 1. The Kier molecular flexibility index (Phi) is 4.93. The van der Waals surface area contributed by atoms with E-state index in [1.807, 2.05) is 44.0 Å². The lowest BCUT2D eigenvalue weighted by atomic mass is 10.1. The number of hydrogen-bond donors (Lipinski definition) is 2. The number of nitrogens with zero attached hydrogens (tertiary/aromatic N) is 2. The lowest BCUT2D eigenvalue weighted by Gasteiger charge is -2.16. The van der Waals surface area contributed by atoms with Crippen LogP contribution in [0.1, 0.15) is 16.0 Å². The maximum Gasteiger partial charge on any atom is 0.238 e. The van der Waals surface area contributed by atoms with Gasteiger partial charge in [-0.25, -0.2) is 4.98 Å². The van der Waals surface area contributed by atoms with Gasteiger partial charge in [-0.3, -0.25) is 9.69 Å². The summed E-state index contributed by atoms with van der Waals surface area (Å²) in [5.41, 5.74) is 8.64. The Bertz CT molecular complexity index is 618. The zero-order valence-corrected chi connectivity index (χ0v) is 13.3. The molecular formula is C15H20N4OS. The zero-order chi connectivity index (χ0) is 15.4. The first-order valence-corrected chi connectivity index (χ1v) is 7.52. The summed E-state index contributed by atoms with van der Waals surface area (Å²) in [5, 5.41) is 3.54. The van der Waals surface area contributed by atoms with Crippen LogP contribution in [0.5, 0.6) is 0 Å². The maximum absolute atomic E-state index is 12.1. The summed E-state index contributed by atoms with van der Waals surface area (Å²) in [7, 11) is 1.90. The van der Waals surface area contributed by atoms with E-state index in [1.54, 1.807) is 6.20 Å². The van der Waals surface area contributed by atoms with Crippen molar-refractivity contribution in [3.8, 4) is 0 Å². The minimum absolute atomic E-state index is 0.0209. The summed E-state index contributed by atoms with van der Waals surface area (Å²) in [6.45, 7) is 4.97. The van der Waals surface area contributed by atoms with Gasteiger partial charge in [-0.2, -0.15) is 0 Å². The molecule has 0 unspecified atom stereocenters. The van der Waals surface area contributed by atoms with Crippen molar-refractivity contribution in [2.24, 2.45) is 0 Å². The Hall–Kier alpha value is -1.92.